The van der Waals surface area contributed by atoms with Gasteiger partial charge in [-0.05, 0) is 57.2 Å². The second-order valence-corrected chi connectivity index (χ2v) is 11.5. The number of aromatic nitrogens is 3. The summed E-state index contributed by atoms with van der Waals surface area (Å²) in [6.07, 6.45) is 0.884. The van der Waals surface area contributed by atoms with Gasteiger partial charge in [-0.2, -0.15) is 10.2 Å². The summed E-state index contributed by atoms with van der Waals surface area (Å²) in [6.45, 7) is 9.58. The van der Waals surface area contributed by atoms with Crippen LogP contribution in [0.5, 0.6) is 5.75 Å². The number of methoxy groups -OCH3 is 1. The highest BCUT2D eigenvalue weighted by atomic mass is 16.6. The van der Waals surface area contributed by atoms with Crippen LogP contribution in [-0.2, 0) is 9.53 Å². The van der Waals surface area contributed by atoms with E-state index in [2.05, 4.69) is 25.5 Å². The molecule has 232 valence electrons. The lowest BCUT2D eigenvalue weighted by Crippen LogP contribution is -2.48. The Hall–Kier alpha value is -5.64. The van der Waals surface area contributed by atoms with Crippen LogP contribution in [0.2, 0.25) is 0 Å². The van der Waals surface area contributed by atoms with Crippen molar-refractivity contribution in [1.29, 1.82) is 5.26 Å². The molecule has 0 aliphatic carbocycles. The SMILES string of the molecule is COc1cc(N2CCN(C(C)=O)CC2)ccc1Nc1ncc2cc(C#N)c(=O)n(-c3cccc(NC(=O)OC(C)(C)C)c3)c2n1. The Morgan fingerprint density at radius 1 is 1.02 bits per heavy atom. The molecule has 2 aromatic carbocycles. The van der Waals surface area contributed by atoms with Gasteiger partial charge >= 0.3 is 6.09 Å². The fraction of sp³-hybridized carbons (Fsp3) is 0.312. The van der Waals surface area contributed by atoms with Gasteiger partial charge in [0.1, 0.15) is 23.0 Å². The first-order valence-corrected chi connectivity index (χ1v) is 14.3. The molecule has 13 nitrogen and oxygen atoms in total. The monoisotopic (exact) mass is 610 g/mol. The normalized spacial score (nSPS) is 13.2. The van der Waals surface area contributed by atoms with E-state index in [4.69, 9.17) is 9.47 Å². The highest BCUT2D eigenvalue weighted by Gasteiger charge is 2.21. The molecule has 2 N–H and O–H groups in total. The first-order valence-electron chi connectivity index (χ1n) is 14.3. The maximum absolute atomic E-state index is 13.5. The van der Waals surface area contributed by atoms with Gasteiger partial charge in [-0.1, -0.05) is 6.07 Å². The first kappa shape index (κ1) is 30.8. The Labute approximate surface area is 260 Å². The molecule has 0 atom stereocenters. The number of benzene rings is 2. The van der Waals surface area contributed by atoms with Crippen LogP contribution in [-0.4, -0.2) is 70.3 Å². The van der Waals surface area contributed by atoms with Crippen molar-refractivity contribution in [3.05, 3.63) is 70.6 Å². The van der Waals surface area contributed by atoms with Crippen LogP contribution in [0.25, 0.3) is 16.7 Å². The Balaban J connectivity index is 1.47. The number of fused-ring (bicyclic) bond motifs is 1. The van der Waals surface area contributed by atoms with Crippen LogP contribution >= 0.6 is 0 Å². The maximum Gasteiger partial charge on any atom is 0.412 e. The zero-order valence-electron chi connectivity index (χ0n) is 25.7. The lowest BCUT2D eigenvalue weighted by Gasteiger charge is -2.35. The average Bonchev–Trinajstić information content (AvgIpc) is 3.00. The zero-order chi connectivity index (χ0) is 32.3. The van der Waals surface area contributed by atoms with Crippen molar-refractivity contribution < 1.29 is 19.1 Å². The van der Waals surface area contributed by atoms with Crippen LogP contribution < -0.4 is 25.8 Å². The summed E-state index contributed by atoms with van der Waals surface area (Å²) < 4.78 is 12.3. The third-order valence-corrected chi connectivity index (χ3v) is 7.13. The van der Waals surface area contributed by atoms with E-state index in [1.165, 1.54) is 16.8 Å². The topological polar surface area (TPSA) is 155 Å². The maximum atomic E-state index is 13.5. The lowest BCUT2D eigenvalue weighted by atomic mass is 10.2. The minimum Gasteiger partial charge on any atom is -0.494 e. The van der Waals surface area contributed by atoms with Gasteiger partial charge < -0.3 is 24.6 Å². The zero-order valence-corrected chi connectivity index (χ0v) is 25.7. The van der Waals surface area contributed by atoms with E-state index in [0.717, 1.165) is 5.69 Å². The molecule has 13 heteroatoms. The van der Waals surface area contributed by atoms with Crippen molar-refractivity contribution >= 4 is 46.0 Å². The molecule has 1 fully saturated rings. The summed E-state index contributed by atoms with van der Waals surface area (Å²) in [5.74, 6) is 0.828. The predicted octanol–water partition coefficient (Wildman–Crippen LogP) is 4.42. The molecule has 1 saturated heterocycles. The Bertz CT molecular complexity index is 1870. The summed E-state index contributed by atoms with van der Waals surface area (Å²) in [7, 11) is 1.57. The van der Waals surface area contributed by atoms with Crippen molar-refractivity contribution in [2.45, 2.75) is 33.3 Å². The van der Waals surface area contributed by atoms with Crippen LogP contribution in [0, 0.1) is 11.3 Å². The quantitative estimate of drug-likeness (QED) is 0.321. The van der Waals surface area contributed by atoms with Crippen LogP contribution in [0.4, 0.5) is 27.8 Å². The highest BCUT2D eigenvalue weighted by Crippen LogP contribution is 2.32. The van der Waals surface area contributed by atoms with Gasteiger partial charge in [-0.25, -0.2) is 9.78 Å². The van der Waals surface area contributed by atoms with Gasteiger partial charge in [-0.15, -0.1) is 0 Å². The molecule has 0 bridgehead atoms. The smallest absolute Gasteiger partial charge is 0.412 e. The van der Waals surface area contributed by atoms with Crippen LogP contribution in [0.3, 0.4) is 0 Å². The summed E-state index contributed by atoms with van der Waals surface area (Å²) in [5.41, 5.74) is 1.24. The molecule has 0 unspecified atom stereocenters. The number of carbonyl (C=O) groups is 2. The van der Waals surface area contributed by atoms with Crippen molar-refractivity contribution in [1.82, 2.24) is 19.4 Å². The van der Waals surface area contributed by atoms with Gasteiger partial charge in [0.15, 0.2) is 5.65 Å². The first-order chi connectivity index (χ1) is 21.5. The number of amides is 2. The van der Waals surface area contributed by atoms with Crippen molar-refractivity contribution in [2.75, 3.05) is 48.8 Å². The predicted molar refractivity (Wildman–Crippen MR) is 170 cm³/mol. The van der Waals surface area contributed by atoms with E-state index in [1.54, 1.807) is 59.1 Å². The van der Waals surface area contributed by atoms with Gasteiger partial charge in [-0.3, -0.25) is 19.5 Å². The molecule has 45 heavy (non-hydrogen) atoms. The number of anilines is 4. The molecule has 0 saturated carbocycles. The number of piperazine rings is 1. The van der Waals surface area contributed by atoms with Crippen molar-refractivity contribution in [3.8, 4) is 17.5 Å². The summed E-state index contributed by atoms with van der Waals surface area (Å²) in [6, 6.07) is 15.7. The van der Waals surface area contributed by atoms with Crippen LogP contribution in [0.1, 0.15) is 33.3 Å². The number of nitrogens with zero attached hydrogens (tertiary/aromatic N) is 6. The van der Waals surface area contributed by atoms with E-state index in [9.17, 15) is 19.6 Å². The molecule has 0 spiro atoms. The molecule has 1 aliphatic rings. The molecule has 4 aromatic rings. The van der Waals surface area contributed by atoms with E-state index in [-0.39, 0.29) is 23.1 Å². The summed E-state index contributed by atoms with van der Waals surface area (Å²) in [5, 5.41) is 16.0. The molecule has 5 rings (SSSR count). The molecular weight excluding hydrogens is 576 g/mol. The third-order valence-electron chi connectivity index (χ3n) is 7.13. The summed E-state index contributed by atoms with van der Waals surface area (Å²) >= 11 is 0. The summed E-state index contributed by atoms with van der Waals surface area (Å²) in [4.78, 5) is 50.6. The molecular formula is C32H34N8O5. The molecule has 0 radical (unpaired) electrons. The third kappa shape index (κ3) is 6.96. The minimum atomic E-state index is -0.689. The average molecular weight is 611 g/mol. The van der Waals surface area contributed by atoms with E-state index in [0.29, 0.717) is 54.4 Å². The number of nitrogens with one attached hydrogen (secondary N) is 2. The lowest BCUT2D eigenvalue weighted by molar-refractivity contribution is -0.129. The Kier molecular flexibility index (Phi) is 8.58. The fourth-order valence-electron chi connectivity index (χ4n) is 5.00. The molecule has 2 aromatic heterocycles. The highest BCUT2D eigenvalue weighted by molar-refractivity contribution is 5.86. The second-order valence-electron chi connectivity index (χ2n) is 11.5. The van der Waals surface area contributed by atoms with E-state index in [1.807, 2.05) is 29.2 Å². The van der Waals surface area contributed by atoms with Gasteiger partial charge in [0.05, 0.1) is 18.5 Å². The fourth-order valence-corrected chi connectivity index (χ4v) is 5.00. The number of rotatable bonds is 6. The van der Waals surface area contributed by atoms with E-state index >= 15 is 0 Å². The minimum absolute atomic E-state index is 0.0709. The Morgan fingerprint density at radius 3 is 2.44 bits per heavy atom. The van der Waals surface area contributed by atoms with Crippen molar-refractivity contribution in [3.63, 3.8) is 0 Å². The largest absolute Gasteiger partial charge is 0.494 e. The van der Waals surface area contributed by atoms with Gasteiger partial charge in [0, 0.05) is 62.1 Å². The number of ether oxygens (including phenoxy) is 2. The number of hydrogen-bond acceptors (Lipinski definition) is 10. The number of carbonyl (C=O) groups excluding carboxylic acids is 2. The molecule has 3 heterocycles. The van der Waals surface area contributed by atoms with Crippen LogP contribution in [0.15, 0.2) is 59.5 Å². The van der Waals surface area contributed by atoms with Gasteiger partial charge in [0.25, 0.3) is 5.56 Å². The molecule has 2 amide bonds. The van der Waals surface area contributed by atoms with Gasteiger partial charge in [0.2, 0.25) is 11.9 Å². The van der Waals surface area contributed by atoms with E-state index < -0.39 is 17.3 Å². The standard InChI is InChI=1S/C32H34N8O5/c1-20(41)38-11-13-39(14-12-38)24-9-10-26(27(17-24)44-5)36-30-34-19-22-15-21(18-33)29(42)40(28(22)37-30)25-8-6-7-23(16-25)35-31(43)45-32(2,3)4/h6-10,15-17,19H,11-14H2,1-5H3,(H,35,43)(H,34,36,37). The number of pyridine rings is 1. The number of nitriles is 1. The van der Waals surface area contributed by atoms with Crippen molar-refractivity contribution in [2.24, 2.45) is 0 Å². The second kappa shape index (κ2) is 12.5. The molecule has 1 aliphatic heterocycles. The number of hydrogen-bond donors (Lipinski definition) is 2. The Morgan fingerprint density at radius 2 is 1.78 bits per heavy atom.